The molecule has 1 atom stereocenters. The molecule has 25 heavy (non-hydrogen) atoms. The lowest BCUT2D eigenvalue weighted by atomic mass is 10.1. The van der Waals surface area contributed by atoms with Crippen LogP contribution in [-0.4, -0.2) is 24.4 Å². The van der Waals surface area contributed by atoms with Gasteiger partial charge in [0.15, 0.2) is 11.9 Å². The smallest absolute Gasteiger partial charge is 0.265 e. The predicted octanol–water partition coefficient (Wildman–Crippen LogP) is 3.62. The molecule has 130 valence electrons. The second-order valence-electron chi connectivity index (χ2n) is 5.88. The fourth-order valence-corrected chi connectivity index (χ4v) is 2.90. The van der Waals surface area contributed by atoms with Crippen LogP contribution in [0.3, 0.4) is 0 Å². The number of para-hydroxylation sites is 2. The van der Waals surface area contributed by atoms with E-state index in [9.17, 15) is 9.59 Å². The number of carbonyl (C=O) groups is 2. The zero-order chi connectivity index (χ0) is 17.8. The van der Waals surface area contributed by atoms with Gasteiger partial charge in [0, 0.05) is 17.5 Å². The Hall–Kier alpha value is -2.82. The second-order valence-corrected chi connectivity index (χ2v) is 5.88. The summed E-state index contributed by atoms with van der Waals surface area (Å²) >= 11 is 0. The third-order valence-electron chi connectivity index (χ3n) is 4.15. The van der Waals surface area contributed by atoms with E-state index in [0.29, 0.717) is 42.2 Å². The van der Waals surface area contributed by atoms with Crippen molar-refractivity contribution in [1.29, 1.82) is 0 Å². The van der Waals surface area contributed by atoms with Crippen LogP contribution in [0, 0.1) is 0 Å². The Kier molecular flexibility index (Phi) is 5.03. The van der Waals surface area contributed by atoms with E-state index >= 15 is 0 Å². The van der Waals surface area contributed by atoms with Crippen LogP contribution in [-0.2, 0) is 11.2 Å². The summed E-state index contributed by atoms with van der Waals surface area (Å²) in [5.74, 6) is 1.08. The molecule has 5 heteroatoms. The highest BCUT2D eigenvalue weighted by Gasteiger charge is 2.25. The number of fused-ring (bicyclic) bond motifs is 1. The number of nitrogens with one attached hydrogen (secondary N) is 1. The molecule has 0 spiro atoms. The Morgan fingerprint density at radius 2 is 1.88 bits per heavy atom. The Morgan fingerprint density at radius 1 is 1.12 bits per heavy atom. The van der Waals surface area contributed by atoms with Crippen LogP contribution in [0.5, 0.6) is 11.5 Å². The highest BCUT2D eigenvalue weighted by molar-refractivity contribution is 6.01. The molecule has 0 bridgehead atoms. The van der Waals surface area contributed by atoms with Gasteiger partial charge in [-0.15, -0.1) is 0 Å². The monoisotopic (exact) mass is 339 g/mol. The topological polar surface area (TPSA) is 64.6 Å². The molecule has 0 radical (unpaired) electrons. The van der Waals surface area contributed by atoms with Crippen LogP contribution in [0.2, 0.25) is 0 Å². The van der Waals surface area contributed by atoms with E-state index in [1.165, 1.54) is 0 Å². The maximum absolute atomic E-state index is 12.5. The largest absolute Gasteiger partial charge is 0.492 e. The van der Waals surface area contributed by atoms with Gasteiger partial charge in [-0.3, -0.25) is 9.59 Å². The first-order valence-corrected chi connectivity index (χ1v) is 8.44. The molecular weight excluding hydrogens is 318 g/mol. The molecule has 1 aliphatic rings. The number of rotatable bonds is 6. The number of ketones is 1. The molecule has 5 nitrogen and oxygen atoms in total. The van der Waals surface area contributed by atoms with E-state index in [1.807, 2.05) is 19.1 Å². The third kappa shape index (κ3) is 3.65. The Morgan fingerprint density at radius 3 is 2.68 bits per heavy atom. The second kappa shape index (κ2) is 7.38. The molecule has 1 amide bonds. The molecular formula is C20H21NO4. The molecule has 2 aromatic carbocycles. The van der Waals surface area contributed by atoms with Crippen molar-refractivity contribution >= 4 is 17.4 Å². The highest BCUT2D eigenvalue weighted by atomic mass is 16.5. The van der Waals surface area contributed by atoms with E-state index in [2.05, 4.69) is 5.32 Å². The van der Waals surface area contributed by atoms with Gasteiger partial charge in [-0.1, -0.05) is 24.3 Å². The summed E-state index contributed by atoms with van der Waals surface area (Å²) in [6.45, 7) is 4.10. The Balaban J connectivity index is 1.71. The zero-order valence-corrected chi connectivity index (χ0v) is 14.4. The molecule has 0 saturated heterocycles. The van der Waals surface area contributed by atoms with Gasteiger partial charge >= 0.3 is 0 Å². The normalized spacial score (nSPS) is 13.9. The maximum atomic E-state index is 12.5. The summed E-state index contributed by atoms with van der Waals surface area (Å²) in [6.07, 6.45) is 0.459. The van der Waals surface area contributed by atoms with Gasteiger partial charge in [0.05, 0.1) is 12.3 Å². The van der Waals surface area contributed by atoms with Gasteiger partial charge in [0.25, 0.3) is 5.91 Å². The summed E-state index contributed by atoms with van der Waals surface area (Å²) in [4.78, 5) is 24.3. The van der Waals surface area contributed by atoms with Gasteiger partial charge in [-0.2, -0.15) is 0 Å². The lowest BCUT2D eigenvalue weighted by molar-refractivity contribution is -0.122. The van der Waals surface area contributed by atoms with Crippen LogP contribution >= 0.6 is 0 Å². The summed E-state index contributed by atoms with van der Waals surface area (Å²) in [7, 11) is 0. The Bertz CT molecular complexity index is 800. The first-order chi connectivity index (χ1) is 12.1. The molecule has 1 N–H and O–H groups in total. The van der Waals surface area contributed by atoms with Gasteiger partial charge in [0.2, 0.25) is 0 Å². The number of Topliss-reactive ketones (excluding diaryl/α,β-unsaturated/α-hetero) is 1. The average Bonchev–Trinajstić information content (AvgIpc) is 2.99. The zero-order valence-electron chi connectivity index (χ0n) is 14.4. The molecule has 2 aromatic rings. The third-order valence-corrected chi connectivity index (χ3v) is 4.15. The van der Waals surface area contributed by atoms with E-state index < -0.39 is 6.10 Å². The van der Waals surface area contributed by atoms with E-state index in [-0.39, 0.29) is 11.7 Å². The summed E-state index contributed by atoms with van der Waals surface area (Å²) in [6, 6.07) is 12.7. The molecule has 0 saturated carbocycles. The Labute approximate surface area is 147 Å². The molecule has 0 aliphatic heterocycles. The predicted molar refractivity (Wildman–Crippen MR) is 95.4 cm³/mol. The van der Waals surface area contributed by atoms with Crippen molar-refractivity contribution in [1.82, 2.24) is 0 Å². The number of benzene rings is 2. The standard InChI is InChI=1S/C20H21NO4/c1-3-24-19-9-5-4-8-16(19)21-20(23)13(2)25-18-10-6-7-14-15(18)11-12-17(14)22/h4-10,13H,3,11-12H2,1-2H3,(H,21,23)/t13-/m0/s1. The minimum absolute atomic E-state index is 0.128. The molecule has 3 rings (SSSR count). The quantitative estimate of drug-likeness (QED) is 0.873. The summed E-state index contributed by atoms with van der Waals surface area (Å²) in [5, 5.41) is 2.84. The van der Waals surface area contributed by atoms with Crippen molar-refractivity contribution in [2.24, 2.45) is 0 Å². The molecule has 0 heterocycles. The number of amides is 1. The summed E-state index contributed by atoms with van der Waals surface area (Å²) < 4.78 is 11.3. The molecule has 0 aromatic heterocycles. The van der Waals surface area contributed by atoms with E-state index in [4.69, 9.17) is 9.47 Å². The molecule has 0 fully saturated rings. The van der Waals surface area contributed by atoms with Gasteiger partial charge in [0.1, 0.15) is 11.5 Å². The SMILES string of the molecule is CCOc1ccccc1NC(=O)[C@H](C)Oc1cccc2c1CCC2=O. The lowest BCUT2D eigenvalue weighted by Gasteiger charge is -2.18. The van der Waals surface area contributed by atoms with Gasteiger partial charge < -0.3 is 14.8 Å². The van der Waals surface area contributed by atoms with E-state index in [1.54, 1.807) is 37.3 Å². The highest BCUT2D eigenvalue weighted by Crippen LogP contribution is 2.31. The first-order valence-electron chi connectivity index (χ1n) is 8.44. The minimum atomic E-state index is -0.697. The van der Waals surface area contributed by atoms with Crippen LogP contribution in [0.15, 0.2) is 42.5 Å². The number of anilines is 1. The van der Waals surface area contributed by atoms with Gasteiger partial charge in [-0.05, 0) is 38.5 Å². The average molecular weight is 339 g/mol. The number of ether oxygens (including phenoxy) is 2. The number of carbonyl (C=O) groups excluding carboxylic acids is 2. The molecule has 0 unspecified atom stereocenters. The first kappa shape index (κ1) is 17.0. The lowest BCUT2D eigenvalue weighted by Crippen LogP contribution is -2.30. The van der Waals surface area contributed by atoms with Gasteiger partial charge in [-0.25, -0.2) is 0 Å². The number of hydrogen-bond donors (Lipinski definition) is 1. The van der Waals surface area contributed by atoms with E-state index in [0.717, 1.165) is 5.56 Å². The maximum Gasteiger partial charge on any atom is 0.265 e. The number of hydrogen-bond acceptors (Lipinski definition) is 4. The van der Waals surface area contributed by atoms with Crippen molar-refractivity contribution in [3.05, 3.63) is 53.6 Å². The van der Waals surface area contributed by atoms with Crippen molar-refractivity contribution < 1.29 is 19.1 Å². The fourth-order valence-electron chi connectivity index (χ4n) is 2.90. The van der Waals surface area contributed by atoms with Crippen molar-refractivity contribution in [3.8, 4) is 11.5 Å². The fraction of sp³-hybridized carbons (Fsp3) is 0.300. The molecule has 1 aliphatic carbocycles. The van der Waals surface area contributed by atoms with Crippen molar-refractivity contribution in [2.45, 2.75) is 32.8 Å². The summed E-state index contributed by atoms with van der Waals surface area (Å²) in [5.41, 5.74) is 2.20. The minimum Gasteiger partial charge on any atom is -0.492 e. The van der Waals surface area contributed by atoms with Crippen LogP contribution in [0.4, 0.5) is 5.69 Å². The van der Waals surface area contributed by atoms with Crippen molar-refractivity contribution in [2.75, 3.05) is 11.9 Å². The van der Waals surface area contributed by atoms with Crippen molar-refractivity contribution in [3.63, 3.8) is 0 Å². The van der Waals surface area contributed by atoms with Crippen LogP contribution in [0.25, 0.3) is 0 Å². The van der Waals surface area contributed by atoms with Crippen LogP contribution in [0.1, 0.15) is 36.2 Å². The van der Waals surface area contributed by atoms with Crippen LogP contribution < -0.4 is 14.8 Å².